The van der Waals surface area contributed by atoms with E-state index in [1.807, 2.05) is 31.0 Å². The molecule has 0 aliphatic carbocycles. The monoisotopic (exact) mass is 361 g/mol. The van der Waals surface area contributed by atoms with Gasteiger partial charge in [0.15, 0.2) is 0 Å². The van der Waals surface area contributed by atoms with Gasteiger partial charge in [0, 0.05) is 20.1 Å². The fourth-order valence-electron chi connectivity index (χ4n) is 3.49. The van der Waals surface area contributed by atoms with Crippen molar-refractivity contribution >= 4 is 11.8 Å². The predicted molar refractivity (Wildman–Crippen MR) is 102 cm³/mol. The number of primary amides is 1. The van der Waals surface area contributed by atoms with E-state index in [0.29, 0.717) is 19.7 Å². The quantitative estimate of drug-likeness (QED) is 0.716. The Morgan fingerprint density at radius 1 is 1.35 bits per heavy atom. The van der Waals surface area contributed by atoms with E-state index < -0.39 is 0 Å². The Bertz CT molecular complexity index is 633. The Hall–Kier alpha value is -2.08. The molecule has 1 aliphatic heterocycles. The number of nitrogens with two attached hydrogens (primary N) is 1. The third kappa shape index (κ3) is 6.02. The van der Waals surface area contributed by atoms with E-state index in [1.165, 1.54) is 5.56 Å². The van der Waals surface area contributed by atoms with Crippen LogP contribution < -0.4 is 10.5 Å². The number of carbonyl (C=O) groups excluding carboxylic acids is 2. The number of hydrogen-bond donors (Lipinski definition) is 1. The van der Waals surface area contributed by atoms with E-state index in [4.69, 9.17) is 10.5 Å². The van der Waals surface area contributed by atoms with Gasteiger partial charge in [-0.15, -0.1) is 0 Å². The van der Waals surface area contributed by atoms with Crippen molar-refractivity contribution in [2.24, 2.45) is 11.7 Å². The first-order valence-corrected chi connectivity index (χ1v) is 9.32. The normalized spacial score (nSPS) is 17.7. The summed E-state index contributed by atoms with van der Waals surface area (Å²) in [5.41, 5.74) is 7.61. The smallest absolute Gasteiger partial charge is 0.231 e. The number of ether oxygens (including phenoxy) is 1. The van der Waals surface area contributed by atoms with Gasteiger partial charge in [0.2, 0.25) is 11.8 Å². The van der Waals surface area contributed by atoms with Crippen LogP contribution >= 0.6 is 0 Å². The molecule has 0 bridgehead atoms. The third-order valence-corrected chi connectivity index (χ3v) is 4.84. The highest BCUT2D eigenvalue weighted by atomic mass is 16.5. The lowest BCUT2D eigenvalue weighted by molar-refractivity contribution is -0.136. The molecule has 0 saturated carbocycles. The molecular weight excluding hydrogens is 330 g/mol. The molecule has 1 saturated heterocycles. The molecule has 1 aliphatic rings. The van der Waals surface area contributed by atoms with Gasteiger partial charge in [0.05, 0.1) is 19.1 Å². The number of aryl methyl sites for hydroxylation is 2. The maximum absolute atomic E-state index is 12.6. The van der Waals surface area contributed by atoms with E-state index >= 15 is 0 Å². The third-order valence-electron chi connectivity index (χ3n) is 4.84. The van der Waals surface area contributed by atoms with Crippen molar-refractivity contribution in [2.75, 3.05) is 39.8 Å². The second-order valence-electron chi connectivity index (χ2n) is 7.27. The molecule has 0 aromatic heterocycles. The number of likely N-dealkylation sites (tertiary alicyclic amines) is 1. The van der Waals surface area contributed by atoms with Crippen LogP contribution in [-0.4, -0.2) is 61.4 Å². The van der Waals surface area contributed by atoms with Crippen LogP contribution in [0.3, 0.4) is 0 Å². The fourth-order valence-corrected chi connectivity index (χ4v) is 3.49. The number of hydrogen-bond acceptors (Lipinski definition) is 4. The molecule has 1 fully saturated rings. The molecule has 0 radical (unpaired) electrons. The minimum atomic E-state index is -0.338. The lowest BCUT2D eigenvalue weighted by Crippen LogP contribution is -2.46. The number of rotatable bonds is 8. The van der Waals surface area contributed by atoms with Crippen molar-refractivity contribution in [1.82, 2.24) is 9.80 Å². The SMILES string of the molecule is Cc1ccc(OCCCN(C)C(=O)C2CCCN(CC(N)=O)C2)c(C)c1. The summed E-state index contributed by atoms with van der Waals surface area (Å²) in [6.45, 7) is 7.03. The molecule has 2 N–H and O–H groups in total. The highest BCUT2D eigenvalue weighted by Gasteiger charge is 2.28. The Morgan fingerprint density at radius 3 is 2.81 bits per heavy atom. The molecule has 144 valence electrons. The standard InChI is InChI=1S/C20H31N3O3/c1-15-7-8-18(16(2)12-15)26-11-5-9-22(3)20(25)17-6-4-10-23(13-17)14-19(21)24/h7-8,12,17H,4-6,9-11,13-14H2,1-3H3,(H2,21,24). The fraction of sp³-hybridized carbons (Fsp3) is 0.600. The van der Waals surface area contributed by atoms with E-state index in [-0.39, 0.29) is 24.3 Å². The molecule has 2 amide bonds. The summed E-state index contributed by atoms with van der Waals surface area (Å²) in [6, 6.07) is 6.14. The summed E-state index contributed by atoms with van der Waals surface area (Å²) < 4.78 is 5.83. The van der Waals surface area contributed by atoms with Crippen LogP contribution in [0.4, 0.5) is 0 Å². The van der Waals surface area contributed by atoms with Crippen molar-refractivity contribution in [3.8, 4) is 5.75 Å². The second-order valence-corrected chi connectivity index (χ2v) is 7.27. The van der Waals surface area contributed by atoms with E-state index in [9.17, 15) is 9.59 Å². The Labute approximate surface area is 156 Å². The van der Waals surface area contributed by atoms with E-state index in [2.05, 4.69) is 13.0 Å². The first kappa shape index (κ1) is 20.2. The summed E-state index contributed by atoms with van der Waals surface area (Å²) in [5.74, 6) is 0.660. The molecule has 26 heavy (non-hydrogen) atoms. The second kappa shape index (κ2) is 9.57. The molecule has 1 atom stereocenters. The van der Waals surface area contributed by atoms with Crippen molar-refractivity contribution in [2.45, 2.75) is 33.1 Å². The van der Waals surface area contributed by atoms with Crippen LogP contribution in [0.1, 0.15) is 30.4 Å². The number of nitrogens with zero attached hydrogens (tertiary/aromatic N) is 2. The lowest BCUT2D eigenvalue weighted by Gasteiger charge is -2.33. The van der Waals surface area contributed by atoms with Crippen LogP contribution in [-0.2, 0) is 9.59 Å². The number of amides is 2. The first-order valence-electron chi connectivity index (χ1n) is 9.32. The zero-order chi connectivity index (χ0) is 19.1. The van der Waals surface area contributed by atoms with Crippen LogP contribution in [0, 0.1) is 19.8 Å². The predicted octanol–water partition coefficient (Wildman–Crippen LogP) is 1.73. The minimum absolute atomic E-state index is 0.0478. The topological polar surface area (TPSA) is 75.9 Å². The van der Waals surface area contributed by atoms with E-state index in [1.54, 1.807) is 4.90 Å². The molecular formula is C20H31N3O3. The van der Waals surface area contributed by atoms with Crippen LogP contribution in [0.15, 0.2) is 18.2 Å². The van der Waals surface area contributed by atoms with Crippen molar-refractivity contribution in [1.29, 1.82) is 0 Å². The summed E-state index contributed by atoms with van der Waals surface area (Å²) in [4.78, 5) is 27.5. The van der Waals surface area contributed by atoms with Crippen LogP contribution in [0.2, 0.25) is 0 Å². The molecule has 1 heterocycles. The lowest BCUT2D eigenvalue weighted by atomic mass is 9.96. The molecule has 6 heteroatoms. The van der Waals surface area contributed by atoms with Gasteiger partial charge in [-0.3, -0.25) is 14.5 Å². The van der Waals surface area contributed by atoms with Crippen molar-refractivity contribution in [3.05, 3.63) is 29.3 Å². The highest BCUT2D eigenvalue weighted by molar-refractivity contribution is 5.79. The van der Waals surface area contributed by atoms with Gasteiger partial charge in [-0.2, -0.15) is 0 Å². The van der Waals surface area contributed by atoms with Crippen LogP contribution in [0.25, 0.3) is 0 Å². The van der Waals surface area contributed by atoms with Gasteiger partial charge in [-0.25, -0.2) is 0 Å². The van der Waals surface area contributed by atoms with Gasteiger partial charge >= 0.3 is 0 Å². The first-order chi connectivity index (χ1) is 12.4. The average Bonchev–Trinajstić information content (AvgIpc) is 2.59. The Morgan fingerprint density at radius 2 is 2.12 bits per heavy atom. The zero-order valence-electron chi connectivity index (χ0n) is 16.2. The van der Waals surface area contributed by atoms with Crippen LogP contribution in [0.5, 0.6) is 5.75 Å². The van der Waals surface area contributed by atoms with Crippen molar-refractivity contribution in [3.63, 3.8) is 0 Å². The Balaban J connectivity index is 1.73. The summed E-state index contributed by atoms with van der Waals surface area (Å²) >= 11 is 0. The average molecular weight is 361 g/mol. The van der Waals surface area contributed by atoms with Crippen molar-refractivity contribution < 1.29 is 14.3 Å². The van der Waals surface area contributed by atoms with E-state index in [0.717, 1.165) is 37.1 Å². The molecule has 6 nitrogen and oxygen atoms in total. The maximum Gasteiger partial charge on any atom is 0.231 e. The largest absolute Gasteiger partial charge is 0.493 e. The van der Waals surface area contributed by atoms with Gasteiger partial charge in [0.25, 0.3) is 0 Å². The molecule has 1 aromatic carbocycles. The number of piperidine rings is 1. The number of carbonyl (C=O) groups is 2. The van der Waals surface area contributed by atoms with Gasteiger partial charge in [-0.05, 0) is 51.3 Å². The summed E-state index contributed by atoms with van der Waals surface area (Å²) in [7, 11) is 1.84. The molecule has 1 unspecified atom stereocenters. The van der Waals surface area contributed by atoms with Gasteiger partial charge < -0.3 is 15.4 Å². The number of benzene rings is 1. The summed E-state index contributed by atoms with van der Waals surface area (Å²) in [6.07, 6.45) is 2.58. The Kier molecular flexibility index (Phi) is 7.45. The molecule has 2 rings (SSSR count). The summed E-state index contributed by atoms with van der Waals surface area (Å²) in [5, 5.41) is 0. The minimum Gasteiger partial charge on any atom is -0.493 e. The molecule has 0 spiro atoms. The van der Waals surface area contributed by atoms with Gasteiger partial charge in [0.1, 0.15) is 5.75 Å². The zero-order valence-corrected chi connectivity index (χ0v) is 16.2. The maximum atomic E-state index is 12.6. The molecule has 1 aromatic rings. The highest BCUT2D eigenvalue weighted by Crippen LogP contribution is 2.20. The van der Waals surface area contributed by atoms with Gasteiger partial charge in [-0.1, -0.05) is 17.7 Å².